The molecule has 1 aromatic heterocycles. The van der Waals surface area contributed by atoms with E-state index in [0.29, 0.717) is 28.7 Å². The summed E-state index contributed by atoms with van der Waals surface area (Å²) in [5.74, 6) is 3.40. The van der Waals surface area contributed by atoms with E-state index in [-0.39, 0.29) is 5.91 Å². The molecule has 1 amide bonds. The number of fused-ring (bicyclic) bond motifs is 2. The van der Waals surface area contributed by atoms with Crippen LogP contribution in [0.3, 0.4) is 0 Å². The highest BCUT2D eigenvalue weighted by Gasteiger charge is 2.33. The number of likely N-dealkylation sites (N-methyl/N-ethyl adjacent to an activating group) is 2. The highest BCUT2D eigenvalue weighted by molar-refractivity contribution is 7.98. The van der Waals surface area contributed by atoms with Gasteiger partial charge < -0.3 is 14.1 Å². The highest BCUT2D eigenvalue weighted by Crippen LogP contribution is 2.36. The van der Waals surface area contributed by atoms with E-state index in [1.54, 1.807) is 18.7 Å². The molecule has 0 N–H and O–H groups in total. The Morgan fingerprint density at radius 3 is 2.73 bits per heavy atom. The first kappa shape index (κ1) is 23.1. The number of thioether (sulfide) groups is 1. The van der Waals surface area contributed by atoms with Gasteiger partial charge in [-0.05, 0) is 30.3 Å². The van der Waals surface area contributed by atoms with Crippen molar-refractivity contribution >= 4 is 29.0 Å². The molecule has 1 aliphatic heterocycles. The SMILES string of the molecule is CC(=O)N1c2ccc(-c3nnc(CSCCOc4ccccc4)o3)c(c2)N(C)CC[N+]1(C)C. The molecule has 2 aromatic carbocycles. The number of carbonyl (C=O) groups excluding carboxylic acids is 1. The van der Waals surface area contributed by atoms with Crippen molar-refractivity contribution in [3.05, 3.63) is 54.4 Å². The third-order valence-corrected chi connectivity index (χ3v) is 6.53. The number of aromatic nitrogens is 2. The third kappa shape index (κ3) is 5.31. The average Bonchev–Trinajstić information content (AvgIpc) is 3.26. The predicted octanol–water partition coefficient (Wildman–Crippen LogP) is 3.84. The van der Waals surface area contributed by atoms with E-state index in [0.717, 1.165) is 41.5 Å². The minimum atomic E-state index is 0.0107. The van der Waals surface area contributed by atoms with Crippen LogP contribution in [0.1, 0.15) is 12.8 Å². The molecule has 0 fully saturated rings. The van der Waals surface area contributed by atoms with Crippen LogP contribution >= 0.6 is 11.8 Å². The molecule has 174 valence electrons. The Labute approximate surface area is 198 Å². The van der Waals surface area contributed by atoms with E-state index in [2.05, 4.69) is 15.1 Å². The van der Waals surface area contributed by atoms with Crippen molar-refractivity contribution in [2.45, 2.75) is 12.7 Å². The van der Waals surface area contributed by atoms with E-state index in [4.69, 9.17) is 9.15 Å². The van der Waals surface area contributed by atoms with Crippen LogP contribution in [-0.2, 0) is 10.5 Å². The molecule has 0 radical (unpaired) electrons. The summed E-state index contributed by atoms with van der Waals surface area (Å²) < 4.78 is 12.2. The molecule has 0 saturated heterocycles. The van der Waals surface area contributed by atoms with Gasteiger partial charge in [0.25, 0.3) is 5.91 Å². The van der Waals surface area contributed by atoms with Gasteiger partial charge in [0.05, 0.1) is 49.9 Å². The molecule has 0 saturated carbocycles. The van der Waals surface area contributed by atoms with Gasteiger partial charge in [0, 0.05) is 19.7 Å². The van der Waals surface area contributed by atoms with Crippen LogP contribution in [0.5, 0.6) is 5.75 Å². The summed E-state index contributed by atoms with van der Waals surface area (Å²) in [7, 11) is 6.13. The second kappa shape index (κ2) is 9.84. The van der Waals surface area contributed by atoms with Crippen LogP contribution in [0, 0.1) is 0 Å². The van der Waals surface area contributed by atoms with Crippen LogP contribution < -0.4 is 14.6 Å². The van der Waals surface area contributed by atoms with Gasteiger partial charge in [-0.2, -0.15) is 5.01 Å². The molecule has 4 rings (SSSR count). The van der Waals surface area contributed by atoms with Gasteiger partial charge in [0.15, 0.2) is 0 Å². The summed E-state index contributed by atoms with van der Waals surface area (Å²) in [6, 6.07) is 15.7. The second-order valence-electron chi connectivity index (χ2n) is 8.51. The number of carbonyl (C=O) groups is 1. The number of rotatable bonds is 7. The number of amides is 1. The molecule has 0 atom stereocenters. The number of ether oxygens (including phenoxy) is 1. The molecule has 2 heterocycles. The molecule has 0 unspecified atom stereocenters. The van der Waals surface area contributed by atoms with Crippen LogP contribution in [-0.4, -0.2) is 67.3 Å². The number of hydrogen-bond acceptors (Lipinski definition) is 7. The smallest absolute Gasteiger partial charge is 0.269 e. The Bertz CT molecular complexity index is 1100. The quantitative estimate of drug-likeness (QED) is 0.385. The molecule has 1 aliphatic rings. The van der Waals surface area contributed by atoms with Crippen molar-refractivity contribution in [3.63, 3.8) is 0 Å². The van der Waals surface area contributed by atoms with Gasteiger partial charge in [-0.25, -0.2) is 4.59 Å². The Hall–Kier alpha value is -3.04. The molecule has 8 nitrogen and oxygen atoms in total. The van der Waals surface area contributed by atoms with Crippen LogP contribution in [0.25, 0.3) is 11.5 Å². The zero-order chi connectivity index (χ0) is 23.4. The van der Waals surface area contributed by atoms with Crippen LogP contribution in [0.4, 0.5) is 11.4 Å². The predicted molar refractivity (Wildman–Crippen MR) is 131 cm³/mol. The monoisotopic (exact) mass is 468 g/mol. The van der Waals surface area contributed by atoms with Crippen molar-refractivity contribution in [3.8, 4) is 17.2 Å². The summed E-state index contributed by atoms with van der Waals surface area (Å²) in [6.07, 6.45) is 0. The van der Waals surface area contributed by atoms with E-state index in [9.17, 15) is 4.79 Å². The topological polar surface area (TPSA) is 71.7 Å². The average molecular weight is 469 g/mol. The Balaban J connectivity index is 1.44. The van der Waals surface area contributed by atoms with Gasteiger partial charge in [-0.15, -0.1) is 22.0 Å². The van der Waals surface area contributed by atoms with Crippen molar-refractivity contribution in [2.24, 2.45) is 0 Å². The number of para-hydroxylation sites is 1. The van der Waals surface area contributed by atoms with Gasteiger partial charge in [-0.3, -0.25) is 4.79 Å². The number of benzene rings is 2. The largest absolute Gasteiger partial charge is 0.493 e. The van der Waals surface area contributed by atoms with Crippen LogP contribution in [0.2, 0.25) is 0 Å². The molecule has 33 heavy (non-hydrogen) atoms. The van der Waals surface area contributed by atoms with Crippen molar-refractivity contribution in [1.82, 2.24) is 10.2 Å². The van der Waals surface area contributed by atoms with Crippen LogP contribution in [0.15, 0.2) is 52.9 Å². The Morgan fingerprint density at radius 2 is 1.97 bits per heavy atom. The first-order valence-corrected chi connectivity index (χ1v) is 12.1. The maximum atomic E-state index is 12.4. The van der Waals surface area contributed by atoms with E-state index in [1.165, 1.54) is 0 Å². The number of quaternary nitrogens is 1. The normalized spacial score (nSPS) is 15.2. The molecule has 0 spiro atoms. The molecule has 0 aliphatic carbocycles. The highest BCUT2D eigenvalue weighted by atomic mass is 32.2. The first-order valence-electron chi connectivity index (χ1n) is 10.9. The second-order valence-corrected chi connectivity index (χ2v) is 9.62. The first-order chi connectivity index (χ1) is 15.8. The van der Waals surface area contributed by atoms with E-state index >= 15 is 0 Å². The Kier molecular flexibility index (Phi) is 6.90. The zero-order valence-corrected chi connectivity index (χ0v) is 20.3. The maximum absolute atomic E-state index is 12.4. The number of nitrogens with zero attached hydrogens (tertiary/aromatic N) is 5. The summed E-state index contributed by atoms with van der Waals surface area (Å²) in [4.78, 5) is 14.6. The van der Waals surface area contributed by atoms with E-state index < -0.39 is 0 Å². The number of anilines is 2. The van der Waals surface area contributed by atoms with Gasteiger partial charge in [0.2, 0.25) is 11.8 Å². The minimum Gasteiger partial charge on any atom is -0.493 e. The van der Waals surface area contributed by atoms with Crippen molar-refractivity contribution < 1.29 is 18.5 Å². The lowest BCUT2D eigenvalue weighted by molar-refractivity contribution is -0.890. The molecule has 2 bridgehead atoms. The summed E-state index contributed by atoms with van der Waals surface area (Å²) in [5.41, 5.74) is 2.69. The fourth-order valence-corrected chi connectivity index (χ4v) is 4.59. The van der Waals surface area contributed by atoms with Gasteiger partial charge >= 0.3 is 0 Å². The molecular formula is C24H30N5O3S+. The lowest BCUT2D eigenvalue weighted by atomic mass is 10.1. The summed E-state index contributed by atoms with van der Waals surface area (Å²) in [5, 5.41) is 10.3. The minimum absolute atomic E-state index is 0.0107. The lowest BCUT2D eigenvalue weighted by Crippen LogP contribution is -2.60. The fourth-order valence-electron chi connectivity index (χ4n) is 3.95. The molecule has 9 heteroatoms. The zero-order valence-electron chi connectivity index (χ0n) is 19.5. The standard InChI is InChI=1S/C24H30N5O3S/c1-18(30)28-19-10-11-21(22(16-19)27(2)12-13-29(28,3)4)24-26-25-23(32-24)17-33-15-14-31-20-8-6-5-7-9-20/h5-11,16H,12-15,17H2,1-4H3/q+1. The number of hydrogen-bond donors (Lipinski definition) is 0. The fraction of sp³-hybridized carbons (Fsp3) is 0.375. The van der Waals surface area contributed by atoms with Gasteiger partial charge in [-0.1, -0.05) is 18.2 Å². The van der Waals surface area contributed by atoms with Gasteiger partial charge in [0.1, 0.15) is 12.3 Å². The third-order valence-electron chi connectivity index (χ3n) is 5.62. The summed E-state index contributed by atoms with van der Waals surface area (Å²) >= 11 is 1.69. The molecule has 3 aromatic rings. The molecular weight excluding hydrogens is 438 g/mol. The van der Waals surface area contributed by atoms with E-state index in [1.807, 2.05) is 74.7 Å². The Morgan fingerprint density at radius 1 is 1.18 bits per heavy atom. The lowest BCUT2D eigenvalue weighted by Gasteiger charge is -2.42. The maximum Gasteiger partial charge on any atom is 0.269 e. The van der Waals surface area contributed by atoms with Crippen molar-refractivity contribution in [2.75, 3.05) is 56.5 Å². The summed E-state index contributed by atoms with van der Waals surface area (Å²) in [6.45, 7) is 3.79. The van der Waals surface area contributed by atoms with Crippen molar-refractivity contribution in [1.29, 1.82) is 0 Å².